The van der Waals surface area contributed by atoms with Crippen LogP contribution in [0, 0.1) is 47.5 Å². The van der Waals surface area contributed by atoms with E-state index in [1.165, 1.54) is 119 Å². The third-order valence-electron chi connectivity index (χ3n) is 14.2. The van der Waals surface area contributed by atoms with Gasteiger partial charge >= 0.3 is 0 Å². The SMILES string of the molecule is CC.CC.CC/C(C)=C(/c1cccc(N(c2ccc(C)cc2)c2ccc3c(c2)C(C)(C)c2cc(-c4cccc(C)c4)c4ccccc4c2-3)c1C)C1CC1.Cc1ccccc1.Cc1ccccc1.Cc1ccccc1. The Morgan fingerprint density at radius 1 is 0.459 bits per heavy atom. The van der Waals surface area contributed by atoms with Crippen LogP contribution in [-0.2, 0) is 5.41 Å². The van der Waals surface area contributed by atoms with E-state index in [4.69, 9.17) is 0 Å². The molecule has 0 unspecified atom stereocenters. The Hall–Kier alpha value is -7.22. The molecule has 1 heteroatoms. The topological polar surface area (TPSA) is 3.24 Å². The number of fused-ring (bicyclic) bond motifs is 5. The van der Waals surface area contributed by atoms with Crippen molar-refractivity contribution in [1.82, 2.24) is 0 Å². The van der Waals surface area contributed by atoms with Gasteiger partial charge in [0.15, 0.2) is 0 Å². The smallest absolute Gasteiger partial charge is 0.0496 e. The molecule has 0 spiro atoms. The van der Waals surface area contributed by atoms with Crippen LogP contribution in [-0.4, -0.2) is 0 Å². The highest BCUT2D eigenvalue weighted by Gasteiger charge is 2.38. The minimum absolute atomic E-state index is 0.167. The van der Waals surface area contributed by atoms with Gasteiger partial charge in [-0.2, -0.15) is 0 Å². The number of aryl methyl sites for hydroxylation is 5. The van der Waals surface area contributed by atoms with Gasteiger partial charge in [-0.3, -0.25) is 0 Å². The summed E-state index contributed by atoms with van der Waals surface area (Å²) in [6.07, 6.45) is 3.70. The Bertz CT molecular complexity index is 3120. The van der Waals surface area contributed by atoms with Crippen molar-refractivity contribution >= 4 is 33.4 Å². The summed E-state index contributed by atoms with van der Waals surface area (Å²) in [7, 11) is 0. The van der Waals surface area contributed by atoms with Crippen LogP contribution in [0.4, 0.5) is 17.1 Å². The van der Waals surface area contributed by atoms with Gasteiger partial charge in [0.2, 0.25) is 0 Å². The first-order valence-corrected chi connectivity index (χ1v) is 27.3. The molecule has 74 heavy (non-hydrogen) atoms. The number of nitrogens with zero attached hydrogens (tertiary/aromatic N) is 1. The van der Waals surface area contributed by atoms with Gasteiger partial charge in [0.1, 0.15) is 0 Å². The van der Waals surface area contributed by atoms with Gasteiger partial charge < -0.3 is 4.90 Å². The molecule has 2 aliphatic rings. The average Bonchev–Trinajstić information content (AvgIpc) is 4.24. The standard InChI is InChI=1S/C48H47N.3C7H8.2C2H6/c1-8-32(4)46(34-21-22-34)38-17-12-18-45(33(38)5)49(36-23-19-30(2)20-24-36)37-25-26-41-43(28-37)48(6,7)44-29-42(35-14-11-13-31(3)27-35)39-15-9-10-16-40(39)47(41)44;3*1-7-5-3-2-4-6-7;2*1-2/h9-20,23-29,34H,8,21-22H2,1-7H3;3*2-6H,1H3;2*1-2H3/b46-32+;;;;;. The molecule has 11 rings (SSSR count). The monoisotopic (exact) mass is 974 g/mol. The Balaban J connectivity index is 0.000000291. The quantitative estimate of drug-likeness (QED) is 0.154. The van der Waals surface area contributed by atoms with Crippen molar-refractivity contribution in [3.63, 3.8) is 0 Å². The van der Waals surface area contributed by atoms with Gasteiger partial charge in [-0.25, -0.2) is 0 Å². The summed E-state index contributed by atoms with van der Waals surface area (Å²) in [5.41, 5.74) is 24.0. The predicted molar refractivity (Wildman–Crippen MR) is 328 cm³/mol. The highest BCUT2D eigenvalue weighted by Crippen LogP contribution is 2.55. The fourth-order valence-electron chi connectivity index (χ4n) is 10.0. The lowest BCUT2D eigenvalue weighted by Gasteiger charge is -2.30. The fraction of sp³-hybridized carbons (Fsp3) is 0.260. The second-order valence-corrected chi connectivity index (χ2v) is 20.0. The van der Waals surface area contributed by atoms with Gasteiger partial charge in [0.25, 0.3) is 0 Å². The van der Waals surface area contributed by atoms with Crippen LogP contribution in [0.25, 0.3) is 38.6 Å². The van der Waals surface area contributed by atoms with E-state index in [-0.39, 0.29) is 5.41 Å². The van der Waals surface area contributed by atoms with E-state index in [9.17, 15) is 0 Å². The zero-order chi connectivity index (χ0) is 53.4. The molecule has 0 aromatic heterocycles. The molecule has 0 bridgehead atoms. The molecule has 0 saturated heterocycles. The lowest BCUT2D eigenvalue weighted by Crippen LogP contribution is -2.17. The fourth-order valence-corrected chi connectivity index (χ4v) is 10.0. The maximum absolute atomic E-state index is 2.50. The van der Waals surface area contributed by atoms with Crippen LogP contribution in [0.5, 0.6) is 0 Å². The molecular formula is C73H83N. The molecule has 0 radical (unpaired) electrons. The molecule has 0 amide bonds. The first-order chi connectivity index (χ1) is 35.8. The van der Waals surface area contributed by atoms with E-state index in [1.54, 1.807) is 5.57 Å². The van der Waals surface area contributed by atoms with Crippen LogP contribution < -0.4 is 4.90 Å². The number of anilines is 3. The van der Waals surface area contributed by atoms with Gasteiger partial charge in [-0.1, -0.05) is 252 Å². The maximum Gasteiger partial charge on any atom is 0.0496 e. The van der Waals surface area contributed by atoms with Crippen molar-refractivity contribution in [2.75, 3.05) is 4.90 Å². The van der Waals surface area contributed by atoms with E-state index in [0.717, 1.165) is 6.42 Å². The van der Waals surface area contributed by atoms with Gasteiger partial charge in [0.05, 0.1) is 0 Å². The van der Waals surface area contributed by atoms with Crippen LogP contribution in [0.2, 0.25) is 0 Å². The summed E-state index contributed by atoms with van der Waals surface area (Å²) in [6.45, 7) is 30.4. The minimum Gasteiger partial charge on any atom is -0.310 e. The molecule has 0 atom stereocenters. The Morgan fingerprint density at radius 3 is 1.45 bits per heavy atom. The Morgan fingerprint density at radius 2 is 0.946 bits per heavy atom. The van der Waals surface area contributed by atoms with Crippen molar-refractivity contribution < 1.29 is 0 Å². The molecule has 1 fully saturated rings. The first kappa shape index (κ1) is 56.1. The van der Waals surface area contributed by atoms with Crippen molar-refractivity contribution in [3.8, 4) is 22.3 Å². The van der Waals surface area contributed by atoms with Crippen LogP contribution >= 0.6 is 0 Å². The molecule has 1 saturated carbocycles. The normalized spacial score (nSPS) is 12.7. The molecule has 2 aliphatic carbocycles. The van der Waals surface area contributed by atoms with Crippen molar-refractivity contribution in [3.05, 3.63) is 262 Å². The summed E-state index contributed by atoms with van der Waals surface area (Å²) >= 11 is 0. The number of hydrogen-bond acceptors (Lipinski definition) is 1. The Labute approximate surface area is 447 Å². The second-order valence-electron chi connectivity index (χ2n) is 20.0. The predicted octanol–water partition coefficient (Wildman–Crippen LogP) is 21.8. The average molecular weight is 974 g/mol. The van der Waals surface area contributed by atoms with E-state index < -0.39 is 0 Å². The largest absolute Gasteiger partial charge is 0.310 e. The summed E-state index contributed by atoms with van der Waals surface area (Å²) in [4.78, 5) is 2.50. The first-order valence-electron chi connectivity index (χ1n) is 27.3. The number of hydrogen-bond donors (Lipinski definition) is 0. The molecule has 0 N–H and O–H groups in total. The van der Waals surface area contributed by atoms with E-state index in [2.05, 4.69) is 226 Å². The summed E-state index contributed by atoms with van der Waals surface area (Å²) < 4.78 is 0. The molecule has 9 aromatic carbocycles. The van der Waals surface area contributed by atoms with Crippen LogP contribution in [0.1, 0.15) is 125 Å². The third kappa shape index (κ3) is 13.5. The van der Waals surface area contributed by atoms with Crippen molar-refractivity contribution in [1.29, 1.82) is 0 Å². The molecule has 1 nitrogen and oxygen atoms in total. The van der Waals surface area contributed by atoms with E-state index >= 15 is 0 Å². The van der Waals surface area contributed by atoms with Gasteiger partial charge in [-0.15, -0.1) is 0 Å². The highest BCUT2D eigenvalue weighted by molar-refractivity contribution is 6.09. The van der Waals surface area contributed by atoms with Crippen LogP contribution in [0.3, 0.4) is 0 Å². The zero-order valence-electron chi connectivity index (χ0n) is 47.3. The van der Waals surface area contributed by atoms with Gasteiger partial charge in [0, 0.05) is 22.5 Å². The van der Waals surface area contributed by atoms with Crippen LogP contribution in [0.15, 0.2) is 212 Å². The summed E-state index contributed by atoms with van der Waals surface area (Å²) in [6, 6.07) is 74.5. The molecule has 0 heterocycles. The minimum atomic E-state index is -0.167. The third-order valence-corrected chi connectivity index (χ3v) is 14.2. The second kappa shape index (κ2) is 26.6. The lowest BCUT2D eigenvalue weighted by atomic mass is 9.80. The molecule has 9 aromatic rings. The lowest BCUT2D eigenvalue weighted by molar-refractivity contribution is 0.661. The maximum atomic E-state index is 2.50. The number of benzene rings is 9. The highest BCUT2D eigenvalue weighted by atomic mass is 15.1. The zero-order valence-corrected chi connectivity index (χ0v) is 47.3. The Kier molecular flexibility index (Phi) is 20.2. The molecule has 0 aliphatic heterocycles. The van der Waals surface area contributed by atoms with Gasteiger partial charge in [-0.05, 0) is 171 Å². The number of rotatable bonds is 7. The summed E-state index contributed by atoms with van der Waals surface area (Å²) in [5.74, 6) is 0.695. The van der Waals surface area contributed by atoms with Crippen molar-refractivity contribution in [2.45, 2.75) is 122 Å². The number of allylic oxidation sites excluding steroid dienone is 2. The summed E-state index contributed by atoms with van der Waals surface area (Å²) in [5, 5.41) is 2.65. The molecular weight excluding hydrogens is 891 g/mol. The molecule has 380 valence electrons. The van der Waals surface area contributed by atoms with Crippen molar-refractivity contribution in [2.24, 2.45) is 5.92 Å². The van der Waals surface area contributed by atoms with E-state index in [1.807, 2.05) is 82.3 Å². The van der Waals surface area contributed by atoms with E-state index in [0.29, 0.717) is 5.92 Å².